The van der Waals surface area contributed by atoms with E-state index in [1.165, 1.54) is 6.92 Å². The van der Waals surface area contributed by atoms with Crippen molar-refractivity contribution in [1.29, 1.82) is 0 Å². The first kappa shape index (κ1) is 19.7. The van der Waals surface area contributed by atoms with E-state index in [-0.39, 0.29) is 31.5 Å². The third kappa shape index (κ3) is 4.44. The molecule has 2 fully saturated rings. The second-order valence-corrected chi connectivity index (χ2v) is 9.05. The molecule has 5 nitrogen and oxygen atoms in total. The van der Waals surface area contributed by atoms with Crippen molar-refractivity contribution >= 4 is 74.1 Å². The molecular weight excluding hydrogens is 574 g/mol. The molecule has 2 aliphatic rings. The van der Waals surface area contributed by atoms with Crippen LogP contribution in [0.25, 0.3) is 0 Å². The predicted octanol–water partition coefficient (Wildman–Crippen LogP) is 3.46. The first-order valence-electron chi connectivity index (χ1n) is 8.01. The lowest BCUT2D eigenvalue weighted by Gasteiger charge is -2.26. The Morgan fingerprint density at radius 3 is 2.80 bits per heavy atom. The lowest BCUT2D eigenvalue weighted by atomic mass is 10.2. The van der Waals surface area contributed by atoms with Gasteiger partial charge in [-0.25, -0.2) is 4.39 Å². The van der Waals surface area contributed by atoms with Crippen LogP contribution in [-0.4, -0.2) is 45.3 Å². The summed E-state index contributed by atoms with van der Waals surface area (Å²) in [5, 5.41) is 2.80. The summed E-state index contributed by atoms with van der Waals surface area (Å²) in [6, 6.07) is 5.28. The molecule has 1 aromatic rings. The summed E-state index contributed by atoms with van der Waals surface area (Å²) < 4.78 is 20.4. The Kier molecular flexibility index (Phi) is 6.54. The maximum atomic E-state index is 14.7. The first-order valence-corrected chi connectivity index (χ1v) is 10.9. The molecule has 0 aromatic heterocycles. The van der Waals surface area contributed by atoms with Crippen LogP contribution in [-0.2, 0) is 9.53 Å². The molecule has 4 atom stereocenters. The van der Waals surface area contributed by atoms with Crippen molar-refractivity contribution in [2.75, 3.05) is 29.4 Å². The maximum Gasteiger partial charge on any atom is 0.216 e. The van der Waals surface area contributed by atoms with Crippen LogP contribution in [0.1, 0.15) is 13.3 Å². The van der Waals surface area contributed by atoms with Gasteiger partial charge in [0.1, 0.15) is 5.82 Å². The number of carbonyl (C=O) groups is 1. The standard InChI is InChI=1S/C16H19ClFI2N3O2/c1-9(24)21-7-11-8-23(16(20)25-11)10-2-3-14(13(18)6-10)22-5-4-12(17)15(22)19/h2-3,6,11-12,15-16H,4-5,7-8H2,1H3,(H,21,24)/t11-,12?,15?,16?/m0/s1. The SMILES string of the molecule is CC(=O)NC[C@H]1CN(c2ccc(N3CCC(Cl)C3I)c(F)c2)C(I)O1. The van der Waals surface area contributed by atoms with Crippen LogP contribution in [0.4, 0.5) is 15.8 Å². The number of halogens is 4. The quantitative estimate of drug-likeness (QED) is 0.330. The van der Waals surface area contributed by atoms with Gasteiger partial charge in [0.2, 0.25) is 5.91 Å². The van der Waals surface area contributed by atoms with E-state index in [0.29, 0.717) is 18.8 Å². The minimum atomic E-state index is -0.251. The van der Waals surface area contributed by atoms with E-state index in [1.807, 2.05) is 21.9 Å². The van der Waals surface area contributed by atoms with Crippen molar-refractivity contribution in [3.63, 3.8) is 0 Å². The van der Waals surface area contributed by atoms with Gasteiger partial charge < -0.3 is 19.9 Å². The number of carbonyl (C=O) groups excluding carboxylic acids is 1. The van der Waals surface area contributed by atoms with Gasteiger partial charge in [-0.05, 0) is 47.2 Å². The van der Waals surface area contributed by atoms with Gasteiger partial charge in [-0.15, -0.1) is 11.6 Å². The molecule has 138 valence electrons. The normalized spacial score (nSPS) is 29.3. The second kappa shape index (κ2) is 8.30. The number of rotatable bonds is 4. The average molecular weight is 594 g/mol. The number of amides is 1. The van der Waals surface area contributed by atoms with Gasteiger partial charge in [0.05, 0.1) is 21.2 Å². The molecule has 0 radical (unpaired) electrons. The Hall–Kier alpha value is -0.0700. The number of alkyl halides is 3. The van der Waals surface area contributed by atoms with Gasteiger partial charge in [-0.3, -0.25) is 4.79 Å². The van der Waals surface area contributed by atoms with Crippen molar-refractivity contribution in [2.24, 2.45) is 0 Å². The molecule has 9 heteroatoms. The van der Waals surface area contributed by atoms with Crippen LogP contribution in [0.15, 0.2) is 18.2 Å². The molecule has 2 heterocycles. The minimum absolute atomic E-state index is 0.0416. The van der Waals surface area contributed by atoms with E-state index in [4.69, 9.17) is 16.3 Å². The van der Waals surface area contributed by atoms with Crippen molar-refractivity contribution in [3.05, 3.63) is 24.0 Å². The Balaban J connectivity index is 1.71. The van der Waals surface area contributed by atoms with Crippen LogP contribution < -0.4 is 15.1 Å². The Bertz CT molecular complexity index is 654. The van der Waals surface area contributed by atoms with E-state index < -0.39 is 0 Å². The fraction of sp³-hybridized carbons (Fsp3) is 0.562. The van der Waals surface area contributed by atoms with Gasteiger partial charge in [-0.2, -0.15) is 0 Å². The summed E-state index contributed by atoms with van der Waals surface area (Å²) in [4.78, 5) is 15.1. The molecule has 0 bridgehead atoms. The van der Waals surface area contributed by atoms with E-state index in [0.717, 1.165) is 18.7 Å². The molecule has 1 aromatic carbocycles. The molecule has 1 N–H and O–H groups in total. The monoisotopic (exact) mass is 593 g/mol. The van der Waals surface area contributed by atoms with Crippen molar-refractivity contribution < 1.29 is 13.9 Å². The molecule has 2 saturated heterocycles. The fourth-order valence-corrected chi connectivity index (χ4v) is 5.19. The highest BCUT2D eigenvalue weighted by Crippen LogP contribution is 2.36. The summed E-state index contributed by atoms with van der Waals surface area (Å²) in [5.74, 6) is -0.335. The molecule has 1 amide bonds. The molecule has 25 heavy (non-hydrogen) atoms. The van der Waals surface area contributed by atoms with Crippen molar-refractivity contribution in [2.45, 2.75) is 33.1 Å². The Morgan fingerprint density at radius 2 is 2.20 bits per heavy atom. The fourth-order valence-electron chi connectivity index (χ4n) is 3.05. The van der Waals surface area contributed by atoms with Crippen LogP contribution in [0, 0.1) is 5.82 Å². The second-order valence-electron chi connectivity index (χ2n) is 6.15. The number of anilines is 2. The van der Waals surface area contributed by atoms with Gasteiger partial charge in [0.25, 0.3) is 0 Å². The van der Waals surface area contributed by atoms with Gasteiger partial charge in [-0.1, -0.05) is 22.6 Å². The number of hydrogen-bond acceptors (Lipinski definition) is 4. The lowest BCUT2D eigenvalue weighted by Crippen LogP contribution is -2.33. The smallest absolute Gasteiger partial charge is 0.216 e. The van der Waals surface area contributed by atoms with Crippen molar-refractivity contribution in [1.82, 2.24) is 5.32 Å². The largest absolute Gasteiger partial charge is 0.356 e. The van der Waals surface area contributed by atoms with Gasteiger partial charge in [0.15, 0.2) is 4.23 Å². The van der Waals surface area contributed by atoms with Crippen molar-refractivity contribution in [3.8, 4) is 0 Å². The van der Waals surface area contributed by atoms with E-state index in [1.54, 1.807) is 6.07 Å². The molecule has 0 saturated carbocycles. The molecule has 3 unspecified atom stereocenters. The summed E-state index contributed by atoms with van der Waals surface area (Å²) in [6.07, 6.45) is 0.750. The number of benzene rings is 1. The summed E-state index contributed by atoms with van der Waals surface area (Å²) in [7, 11) is 0. The molecule has 3 rings (SSSR count). The zero-order valence-electron chi connectivity index (χ0n) is 13.6. The van der Waals surface area contributed by atoms with Gasteiger partial charge in [0, 0.05) is 32.2 Å². The minimum Gasteiger partial charge on any atom is -0.356 e. The summed E-state index contributed by atoms with van der Waals surface area (Å²) >= 11 is 10.7. The topological polar surface area (TPSA) is 44.8 Å². The summed E-state index contributed by atoms with van der Waals surface area (Å²) in [5.41, 5.74) is 1.36. The molecular formula is C16H19ClFI2N3O2. The highest BCUT2D eigenvalue weighted by atomic mass is 127. The number of hydrogen-bond donors (Lipinski definition) is 1. The third-order valence-electron chi connectivity index (χ3n) is 4.34. The Labute approximate surface area is 178 Å². The maximum absolute atomic E-state index is 14.7. The highest BCUT2D eigenvalue weighted by molar-refractivity contribution is 14.1. The number of ether oxygens (including phenoxy) is 1. The molecule has 0 aliphatic carbocycles. The van der Waals surface area contributed by atoms with E-state index in [9.17, 15) is 9.18 Å². The zero-order valence-corrected chi connectivity index (χ0v) is 18.7. The van der Waals surface area contributed by atoms with E-state index in [2.05, 4.69) is 50.5 Å². The van der Waals surface area contributed by atoms with E-state index >= 15 is 0 Å². The lowest BCUT2D eigenvalue weighted by molar-refractivity contribution is -0.119. The average Bonchev–Trinajstić information content (AvgIpc) is 3.09. The van der Waals surface area contributed by atoms with Crippen LogP contribution in [0.5, 0.6) is 0 Å². The predicted molar refractivity (Wildman–Crippen MR) is 115 cm³/mol. The zero-order chi connectivity index (χ0) is 18.1. The molecule has 0 spiro atoms. The van der Waals surface area contributed by atoms with Crippen LogP contribution >= 0.6 is 56.8 Å². The Morgan fingerprint density at radius 1 is 1.44 bits per heavy atom. The number of nitrogens with one attached hydrogen (secondary N) is 1. The van der Waals surface area contributed by atoms with Crippen LogP contribution in [0.2, 0.25) is 0 Å². The molecule has 2 aliphatic heterocycles. The third-order valence-corrected chi connectivity index (χ3v) is 7.73. The van der Waals surface area contributed by atoms with Crippen LogP contribution in [0.3, 0.4) is 0 Å². The summed E-state index contributed by atoms with van der Waals surface area (Å²) in [6.45, 7) is 3.30. The highest BCUT2D eigenvalue weighted by Gasteiger charge is 2.34. The number of nitrogens with zero attached hydrogens (tertiary/aromatic N) is 2. The van der Waals surface area contributed by atoms with Gasteiger partial charge >= 0.3 is 0 Å². The first-order chi connectivity index (χ1) is 11.9.